The Labute approximate surface area is 184 Å². The minimum Gasteiger partial charge on any atom is -0.495 e. The van der Waals surface area contributed by atoms with Crippen LogP contribution in [0.1, 0.15) is 5.56 Å². The van der Waals surface area contributed by atoms with Crippen molar-refractivity contribution < 1.29 is 14.1 Å². The molecule has 30 heavy (non-hydrogen) atoms. The summed E-state index contributed by atoms with van der Waals surface area (Å²) in [6.07, 6.45) is 0. The largest absolute Gasteiger partial charge is 0.495 e. The fourth-order valence-electron chi connectivity index (χ4n) is 3.24. The third kappa shape index (κ3) is 4.61. The third-order valence-corrected chi connectivity index (χ3v) is 5.88. The monoisotopic (exact) mass is 438 g/mol. The number of H-pyrrole nitrogens is 1. The number of hydrogen-bond acceptors (Lipinski definition) is 3. The molecular weight excluding hydrogens is 418 g/mol. The first-order valence-electron chi connectivity index (χ1n) is 9.44. The van der Waals surface area contributed by atoms with Crippen LogP contribution in [-0.2, 0) is 11.3 Å². The molecule has 0 atom stereocenters. The van der Waals surface area contributed by atoms with Crippen LogP contribution in [0.15, 0.2) is 78.0 Å². The van der Waals surface area contributed by atoms with Crippen molar-refractivity contribution in [1.29, 1.82) is 0 Å². The molecule has 3 aromatic carbocycles. The van der Waals surface area contributed by atoms with E-state index in [9.17, 15) is 4.79 Å². The summed E-state index contributed by atoms with van der Waals surface area (Å²) in [6.45, 7) is 0.719. The molecule has 2 N–H and O–H groups in total. The molecule has 1 aromatic heterocycles. The average Bonchev–Trinajstić information content (AvgIpc) is 3.11. The Bertz CT molecular complexity index is 1180. The number of fused-ring (bicyclic) bond motifs is 1. The maximum atomic E-state index is 12.6. The molecule has 0 bridgehead atoms. The Morgan fingerprint density at radius 2 is 1.87 bits per heavy atom. The number of imidazole rings is 1. The van der Waals surface area contributed by atoms with Gasteiger partial charge in [0, 0.05) is 5.02 Å². The van der Waals surface area contributed by atoms with Gasteiger partial charge in [0.15, 0.2) is 11.0 Å². The highest BCUT2D eigenvalue weighted by Gasteiger charge is 2.20. The van der Waals surface area contributed by atoms with Gasteiger partial charge in [-0.05, 0) is 47.7 Å². The average molecular weight is 439 g/mol. The summed E-state index contributed by atoms with van der Waals surface area (Å²) in [6, 6.07) is 23.5. The third-order valence-electron chi connectivity index (χ3n) is 4.64. The summed E-state index contributed by atoms with van der Waals surface area (Å²) in [5.41, 5.74) is 3.89. The molecule has 0 spiro atoms. The summed E-state index contributed by atoms with van der Waals surface area (Å²) >= 11 is 7.51. The molecule has 4 rings (SSSR count). The van der Waals surface area contributed by atoms with Crippen molar-refractivity contribution in [2.24, 2.45) is 0 Å². The van der Waals surface area contributed by atoms with E-state index in [2.05, 4.69) is 33.1 Å². The lowest BCUT2D eigenvalue weighted by Gasteiger charge is -2.10. The topological polar surface area (TPSA) is 58.0 Å². The number of amides is 1. The van der Waals surface area contributed by atoms with E-state index in [1.165, 1.54) is 17.3 Å². The van der Waals surface area contributed by atoms with Crippen molar-refractivity contribution in [3.05, 3.63) is 83.4 Å². The van der Waals surface area contributed by atoms with Crippen molar-refractivity contribution >= 4 is 46.0 Å². The Morgan fingerprint density at radius 1 is 1.10 bits per heavy atom. The highest BCUT2D eigenvalue weighted by Crippen LogP contribution is 2.28. The van der Waals surface area contributed by atoms with E-state index in [-0.39, 0.29) is 11.7 Å². The quantitative estimate of drug-likeness (QED) is 0.319. The van der Waals surface area contributed by atoms with Gasteiger partial charge in [-0.15, -0.1) is 0 Å². The molecule has 152 valence electrons. The second kappa shape index (κ2) is 9.24. The molecule has 5 nitrogen and oxygen atoms in total. The Hall–Kier alpha value is -2.96. The Morgan fingerprint density at radius 3 is 2.67 bits per heavy atom. The minimum atomic E-state index is -0.134. The molecule has 1 heterocycles. The number of nitrogens with zero attached hydrogens (tertiary/aromatic N) is 1. The van der Waals surface area contributed by atoms with Crippen LogP contribution in [0, 0.1) is 0 Å². The van der Waals surface area contributed by atoms with Gasteiger partial charge in [0.05, 0.1) is 18.6 Å². The standard InChI is InChI=1S/C23H20ClN3O2S/c1-29-21-12-11-17(24)13-19(21)25-22(28)15-30-23-26-18-9-5-6-10-20(18)27(23)14-16-7-3-2-4-8-16/h2-13H,14-15H2,1H3,(H,25,28)/p+1. The molecular formula is C23H21ClN3O2S+. The first-order chi connectivity index (χ1) is 14.6. The number of aromatic amines is 1. The number of thioether (sulfide) groups is 1. The maximum Gasteiger partial charge on any atom is 0.317 e. The lowest BCUT2D eigenvalue weighted by molar-refractivity contribution is -0.700. The Kier molecular flexibility index (Phi) is 6.26. The molecule has 0 aliphatic heterocycles. The first kappa shape index (κ1) is 20.3. The summed E-state index contributed by atoms with van der Waals surface area (Å²) in [5, 5.41) is 4.34. The molecule has 0 aliphatic rings. The molecule has 0 fully saturated rings. The van der Waals surface area contributed by atoms with Gasteiger partial charge in [0.1, 0.15) is 12.3 Å². The van der Waals surface area contributed by atoms with Gasteiger partial charge in [0.2, 0.25) is 5.91 Å². The predicted molar refractivity (Wildman–Crippen MR) is 121 cm³/mol. The van der Waals surface area contributed by atoms with Crippen LogP contribution in [0.5, 0.6) is 5.75 Å². The van der Waals surface area contributed by atoms with Crippen LogP contribution in [0.2, 0.25) is 5.02 Å². The van der Waals surface area contributed by atoms with Crippen LogP contribution in [0.4, 0.5) is 5.69 Å². The number of methoxy groups -OCH3 is 1. The van der Waals surface area contributed by atoms with Gasteiger partial charge < -0.3 is 10.1 Å². The van der Waals surface area contributed by atoms with Gasteiger partial charge in [-0.25, -0.2) is 9.55 Å². The molecule has 1 amide bonds. The van der Waals surface area contributed by atoms with Crippen molar-refractivity contribution in [1.82, 2.24) is 4.98 Å². The number of aromatic nitrogens is 2. The smallest absolute Gasteiger partial charge is 0.317 e. The van der Waals surface area contributed by atoms with Gasteiger partial charge in [-0.1, -0.05) is 54.1 Å². The van der Waals surface area contributed by atoms with Crippen LogP contribution >= 0.6 is 23.4 Å². The van der Waals surface area contributed by atoms with Crippen LogP contribution in [0.3, 0.4) is 0 Å². The molecule has 4 aromatic rings. The molecule has 0 aliphatic carbocycles. The van der Waals surface area contributed by atoms with Crippen LogP contribution in [-0.4, -0.2) is 23.8 Å². The summed E-state index contributed by atoms with van der Waals surface area (Å²) in [5.74, 6) is 0.685. The van der Waals surface area contributed by atoms with Crippen LogP contribution < -0.4 is 14.6 Å². The molecule has 0 saturated carbocycles. The summed E-state index contributed by atoms with van der Waals surface area (Å²) in [7, 11) is 1.56. The van der Waals surface area contributed by atoms with E-state index < -0.39 is 0 Å². The number of halogens is 1. The molecule has 0 saturated heterocycles. The van der Waals surface area contributed by atoms with Crippen molar-refractivity contribution in [3.8, 4) is 5.75 Å². The number of nitrogens with one attached hydrogen (secondary N) is 2. The highest BCUT2D eigenvalue weighted by molar-refractivity contribution is 7.99. The summed E-state index contributed by atoms with van der Waals surface area (Å²) in [4.78, 5) is 16.0. The molecule has 0 unspecified atom stereocenters. The van der Waals surface area contributed by atoms with Gasteiger partial charge in [0.25, 0.3) is 0 Å². The number of hydrogen-bond donors (Lipinski definition) is 2. The lowest BCUT2D eigenvalue weighted by Crippen LogP contribution is -2.35. The molecule has 7 heteroatoms. The number of para-hydroxylation sites is 2. The zero-order chi connectivity index (χ0) is 20.9. The van der Waals surface area contributed by atoms with E-state index in [1.807, 2.05) is 36.4 Å². The summed E-state index contributed by atoms with van der Waals surface area (Å²) < 4.78 is 7.50. The minimum absolute atomic E-state index is 0.134. The number of rotatable bonds is 7. The van der Waals surface area contributed by atoms with E-state index in [0.29, 0.717) is 16.5 Å². The number of anilines is 1. The predicted octanol–water partition coefficient (Wildman–Crippen LogP) is 4.90. The lowest BCUT2D eigenvalue weighted by atomic mass is 10.2. The van der Waals surface area contributed by atoms with E-state index in [1.54, 1.807) is 25.3 Å². The van der Waals surface area contributed by atoms with Crippen LogP contribution in [0.25, 0.3) is 11.0 Å². The number of carbonyl (C=O) groups excluding carboxylic acids is 1. The maximum absolute atomic E-state index is 12.6. The number of carbonyl (C=O) groups is 1. The molecule has 0 radical (unpaired) electrons. The van der Waals surface area contributed by atoms with Gasteiger partial charge in [-0.2, -0.15) is 0 Å². The van der Waals surface area contributed by atoms with E-state index in [0.717, 1.165) is 22.7 Å². The first-order valence-corrected chi connectivity index (χ1v) is 10.8. The second-order valence-electron chi connectivity index (χ2n) is 6.70. The normalized spacial score (nSPS) is 10.9. The number of ether oxygens (including phenoxy) is 1. The zero-order valence-electron chi connectivity index (χ0n) is 16.4. The fraction of sp³-hybridized carbons (Fsp3) is 0.130. The zero-order valence-corrected chi connectivity index (χ0v) is 18.0. The van der Waals surface area contributed by atoms with Crippen molar-refractivity contribution in [3.63, 3.8) is 0 Å². The SMILES string of the molecule is COc1ccc(Cl)cc1NC(=O)CSc1[nH]c2ccccc2[n+]1Cc1ccccc1. The van der Waals surface area contributed by atoms with E-state index >= 15 is 0 Å². The van der Waals surface area contributed by atoms with Gasteiger partial charge in [-0.3, -0.25) is 4.79 Å². The van der Waals surface area contributed by atoms with E-state index in [4.69, 9.17) is 16.3 Å². The highest BCUT2D eigenvalue weighted by atomic mass is 35.5. The number of benzene rings is 3. The van der Waals surface area contributed by atoms with Crippen molar-refractivity contribution in [2.45, 2.75) is 11.7 Å². The Balaban J connectivity index is 1.53. The van der Waals surface area contributed by atoms with Crippen molar-refractivity contribution in [2.75, 3.05) is 18.2 Å². The fourth-order valence-corrected chi connectivity index (χ4v) is 4.25. The van der Waals surface area contributed by atoms with Gasteiger partial charge >= 0.3 is 5.16 Å². The second-order valence-corrected chi connectivity index (χ2v) is 8.10.